The number of ether oxygens (including phenoxy) is 1. The molecule has 12 nitrogen and oxygen atoms in total. The third-order valence-electron chi connectivity index (χ3n) is 3.65. The van der Waals surface area contributed by atoms with Crippen LogP contribution in [-0.2, 0) is 19.1 Å². The summed E-state index contributed by atoms with van der Waals surface area (Å²) in [6, 6.07) is -1.40. The Morgan fingerprint density at radius 1 is 1.16 bits per heavy atom. The minimum atomic E-state index is -2.89. The molecule has 1 heterocycles. The number of aliphatic carboxylic acids is 1. The Morgan fingerprint density at radius 3 is 2.16 bits per heavy atom. The van der Waals surface area contributed by atoms with Gasteiger partial charge < -0.3 is 46.0 Å². The van der Waals surface area contributed by atoms with E-state index in [9.17, 15) is 39.9 Å². The fourth-order valence-electron chi connectivity index (χ4n) is 2.48. The molecule has 0 aromatic heterocycles. The molecule has 1 aliphatic heterocycles. The first-order valence-electron chi connectivity index (χ1n) is 7.29. The summed E-state index contributed by atoms with van der Waals surface area (Å²) in [5, 5.41) is 62.9. The highest BCUT2D eigenvalue weighted by Gasteiger charge is 2.54. The first-order chi connectivity index (χ1) is 11.4. The normalized spacial score (nSPS) is 33.0. The number of rotatable bonds is 6. The topological polar surface area (TPSA) is 206 Å². The molecular formula is C13H22N2O10. The van der Waals surface area contributed by atoms with Gasteiger partial charge >= 0.3 is 5.97 Å². The number of carbonyl (C=O) groups excluding carboxylic acids is 2. The van der Waals surface area contributed by atoms with Crippen molar-refractivity contribution in [2.45, 2.75) is 62.7 Å². The van der Waals surface area contributed by atoms with Crippen molar-refractivity contribution in [3.63, 3.8) is 0 Å². The molecule has 1 fully saturated rings. The van der Waals surface area contributed by atoms with E-state index in [0.29, 0.717) is 0 Å². The number of aliphatic hydroxyl groups excluding tert-OH is 4. The highest BCUT2D eigenvalue weighted by molar-refractivity contribution is 5.76. The quantitative estimate of drug-likeness (QED) is 0.212. The van der Waals surface area contributed by atoms with Crippen LogP contribution in [0.25, 0.3) is 0 Å². The Bertz CT molecular complexity index is 529. The largest absolute Gasteiger partial charge is 0.477 e. The number of carbonyl (C=O) groups is 3. The van der Waals surface area contributed by atoms with E-state index in [4.69, 9.17) is 9.84 Å². The van der Waals surface area contributed by atoms with Crippen LogP contribution in [0, 0.1) is 0 Å². The number of hydrogen-bond donors (Lipinski definition) is 8. The van der Waals surface area contributed by atoms with Crippen LogP contribution in [0.4, 0.5) is 0 Å². The minimum Gasteiger partial charge on any atom is -0.477 e. The number of amides is 2. The van der Waals surface area contributed by atoms with Crippen LogP contribution in [0.15, 0.2) is 0 Å². The lowest BCUT2D eigenvalue weighted by atomic mass is 9.88. The van der Waals surface area contributed by atoms with Crippen molar-refractivity contribution in [3.8, 4) is 0 Å². The Labute approximate surface area is 142 Å². The van der Waals surface area contributed by atoms with Gasteiger partial charge in [0.1, 0.15) is 18.3 Å². The van der Waals surface area contributed by atoms with Gasteiger partial charge in [-0.05, 0) is 0 Å². The number of aliphatic hydroxyl groups is 5. The highest BCUT2D eigenvalue weighted by atomic mass is 16.7. The van der Waals surface area contributed by atoms with Crippen LogP contribution < -0.4 is 10.6 Å². The second-order valence-electron chi connectivity index (χ2n) is 5.80. The average Bonchev–Trinajstić information content (AvgIpc) is 2.47. The lowest BCUT2D eigenvalue weighted by molar-refractivity contribution is -0.296. The molecular weight excluding hydrogens is 344 g/mol. The summed E-state index contributed by atoms with van der Waals surface area (Å²) in [7, 11) is 0. The standard InChI is InChI=1S/C13H22N2O10/c1-4(16)14-7-6(18)3-13(24,12(22)23)25-10(7)8(19)9(20)11(21)15-5(2)17/h6-11,18-21,24H,3H2,1-2H3,(H,14,16)(H,15,17)(H,22,23)/t6-,7+,8+,9-,10+,11?,13?/m0/s1. The molecule has 8 N–H and O–H groups in total. The maximum atomic E-state index is 11.3. The number of hydrogen-bond acceptors (Lipinski definition) is 9. The molecule has 0 saturated carbocycles. The molecule has 0 radical (unpaired) electrons. The first-order valence-corrected chi connectivity index (χ1v) is 7.29. The molecule has 7 atom stereocenters. The number of carboxylic acid groups (broad SMARTS) is 1. The lowest BCUT2D eigenvalue weighted by Crippen LogP contribution is -2.68. The maximum absolute atomic E-state index is 11.3. The predicted molar refractivity (Wildman–Crippen MR) is 77.5 cm³/mol. The van der Waals surface area contributed by atoms with E-state index in [-0.39, 0.29) is 0 Å². The van der Waals surface area contributed by atoms with Crippen molar-refractivity contribution in [2.24, 2.45) is 0 Å². The maximum Gasteiger partial charge on any atom is 0.364 e. The molecule has 1 aliphatic rings. The molecule has 0 aliphatic carbocycles. The first kappa shape index (κ1) is 21.2. The van der Waals surface area contributed by atoms with E-state index in [1.165, 1.54) is 0 Å². The van der Waals surface area contributed by atoms with Crippen molar-refractivity contribution >= 4 is 17.8 Å². The molecule has 0 aromatic carbocycles. The van der Waals surface area contributed by atoms with Crippen LogP contribution >= 0.6 is 0 Å². The SMILES string of the molecule is CC(=O)NC(O)[C@@H](O)[C@@H](O)[C@@H]1OC(O)(C(=O)O)C[C@H](O)[C@H]1NC(C)=O. The lowest BCUT2D eigenvalue weighted by Gasteiger charge is -2.45. The second kappa shape index (κ2) is 8.03. The van der Waals surface area contributed by atoms with Crippen LogP contribution in [0.3, 0.4) is 0 Å². The van der Waals surface area contributed by atoms with Crippen LogP contribution in [0.1, 0.15) is 20.3 Å². The summed E-state index contributed by atoms with van der Waals surface area (Å²) in [5.74, 6) is -6.15. The molecule has 12 heteroatoms. The Balaban J connectivity index is 3.10. The summed E-state index contributed by atoms with van der Waals surface area (Å²) < 4.78 is 4.90. The molecule has 25 heavy (non-hydrogen) atoms. The minimum absolute atomic E-state index is 0.664. The molecule has 1 saturated heterocycles. The van der Waals surface area contributed by atoms with Gasteiger partial charge in [0, 0.05) is 20.3 Å². The molecule has 0 spiro atoms. The van der Waals surface area contributed by atoms with E-state index < -0.39 is 66.7 Å². The van der Waals surface area contributed by atoms with Gasteiger partial charge in [-0.2, -0.15) is 0 Å². The van der Waals surface area contributed by atoms with Crippen molar-refractivity contribution < 1.29 is 49.8 Å². The van der Waals surface area contributed by atoms with Gasteiger partial charge in [0.2, 0.25) is 11.8 Å². The molecule has 0 bridgehead atoms. The van der Waals surface area contributed by atoms with Crippen molar-refractivity contribution in [3.05, 3.63) is 0 Å². The van der Waals surface area contributed by atoms with Crippen molar-refractivity contribution in [1.29, 1.82) is 0 Å². The number of nitrogens with one attached hydrogen (secondary N) is 2. The summed E-state index contributed by atoms with van der Waals surface area (Å²) >= 11 is 0. The summed E-state index contributed by atoms with van der Waals surface area (Å²) in [6.07, 6.45) is -10.4. The summed E-state index contributed by atoms with van der Waals surface area (Å²) in [5.41, 5.74) is 0. The fraction of sp³-hybridized carbons (Fsp3) is 0.769. The van der Waals surface area contributed by atoms with Gasteiger partial charge in [-0.15, -0.1) is 0 Å². The fourth-order valence-corrected chi connectivity index (χ4v) is 2.48. The third-order valence-corrected chi connectivity index (χ3v) is 3.65. The zero-order valence-corrected chi connectivity index (χ0v) is 13.5. The van der Waals surface area contributed by atoms with E-state index >= 15 is 0 Å². The zero-order valence-electron chi connectivity index (χ0n) is 13.5. The molecule has 0 aromatic rings. The van der Waals surface area contributed by atoms with Crippen molar-refractivity contribution in [2.75, 3.05) is 0 Å². The van der Waals surface area contributed by atoms with Crippen molar-refractivity contribution in [1.82, 2.24) is 10.6 Å². The zero-order chi connectivity index (χ0) is 19.5. The Kier molecular flexibility index (Phi) is 6.82. The van der Waals surface area contributed by atoms with Gasteiger partial charge in [0.25, 0.3) is 5.79 Å². The Morgan fingerprint density at radius 2 is 1.72 bits per heavy atom. The van der Waals surface area contributed by atoms with Gasteiger partial charge in [-0.3, -0.25) is 9.59 Å². The molecule has 2 amide bonds. The van der Waals surface area contributed by atoms with E-state index in [1.807, 2.05) is 5.32 Å². The predicted octanol–water partition coefficient (Wildman–Crippen LogP) is -4.41. The Hall–Kier alpha value is -1.83. The van der Waals surface area contributed by atoms with Gasteiger partial charge in [-0.1, -0.05) is 0 Å². The molecule has 1 rings (SSSR count). The molecule has 144 valence electrons. The average molecular weight is 366 g/mol. The van der Waals surface area contributed by atoms with E-state index in [1.54, 1.807) is 0 Å². The smallest absolute Gasteiger partial charge is 0.364 e. The summed E-state index contributed by atoms with van der Waals surface area (Å²) in [6.45, 7) is 2.11. The summed E-state index contributed by atoms with van der Waals surface area (Å²) in [4.78, 5) is 33.3. The van der Waals surface area contributed by atoms with Crippen LogP contribution in [0.5, 0.6) is 0 Å². The monoisotopic (exact) mass is 366 g/mol. The highest BCUT2D eigenvalue weighted by Crippen LogP contribution is 2.30. The van der Waals surface area contributed by atoms with E-state index in [0.717, 1.165) is 13.8 Å². The van der Waals surface area contributed by atoms with Gasteiger partial charge in [0.15, 0.2) is 6.23 Å². The second-order valence-corrected chi connectivity index (χ2v) is 5.80. The van der Waals surface area contributed by atoms with Gasteiger partial charge in [0.05, 0.1) is 12.1 Å². The van der Waals surface area contributed by atoms with Crippen LogP contribution in [0.2, 0.25) is 0 Å². The molecule has 2 unspecified atom stereocenters. The third kappa shape index (κ3) is 5.07. The van der Waals surface area contributed by atoms with E-state index in [2.05, 4.69) is 5.32 Å². The van der Waals surface area contributed by atoms with Gasteiger partial charge in [-0.25, -0.2) is 4.79 Å². The van der Waals surface area contributed by atoms with Crippen LogP contribution in [-0.4, -0.2) is 90.9 Å². The number of carboxylic acids is 1.